The minimum atomic E-state index is -1.70. The highest BCUT2D eigenvalue weighted by Gasteiger charge is 2.49. The first-order valence-electron chi connectivity index (χ1n) is 10.9. The molecule has 0 heterocycles. The number of nitroso groups, excluding NO2 is 1. The van der Waals surface area contributed by atoms with E-state index in [-0.39, 0.29) is 25.0 Å². The van der Waals surface area contributed by atoms with Crippen LogP contribution in [0.15, 0.2) is 23.4 Å². The van der Waals surface area contributed by atoms with Crippen molar-refractivity contribution in [2.45, 2.75) is 76.7 Å². The van der Waals surface area contributed by atoms with Crippen molar-refractivity contribution in [1.82, 2.24) is 5.32 Å². The molecule has 0 aliphatic heterocycles. The Hall–Kier alpha value is -2.03. The fourth-order valence-corrected chi connectivity index (χ4v) is 4.28. The number of hydrogen-bond donors (Lipinski definition) is 3. The molecule has 174 valence electrons. The van der Waals surface area contributed by atoms with Crippen LogP contribution in [0, 0.1) is 10.8 Å². The molecule has 0 bridgehead atoms. The number of benzene rings is 1. The number of carbonyl (C=O) groups is 1. The SMILES string of the molecule is CCCC(C)(C)NCC(O)COc1cccc2c1CC(C(C)(N=O)C(=O)OC)C(O)C2. The molecule has 0 saturated carbocycles. The number of esters is 1. The lowest BCUT2D eigenvalue weighted by molar-refractivity contribution is -0.150. The lowest BCUT2D eigenvalue weighted by Crippen LogP contribution is -2.50. The predicted octanol–water partition coefficient (Wildman–Crippen LogP) is 2.37. The molecule has 0 fully saturated rings. The number of aliphatic hydroxyl groups is 2. The van der Waals surface area contributed by atoms with E-state index in [0.29, 0.717) is 12.3 Å². The monoisotopic (exact) mass is 436 g/mol. The van der Waals surface area contributed by atoms with E-state index in [9.17, 15) is 19.9 Å². The summed E-state index contributed by atoms with van der Waals surface area (Å²) in [4.78, 5) is 23.8. The second kappa shape index (κ2) is 10.5. The molecule has 0 spiro atoms. The average Bonchev–Trinajstić information content (AvgIpc) is 2.74. The Kier molecular flexibility index (Phi) is 8.57. The second-order valence-corrected chi connectivity index (χ2v) is 9.19. The average molecular weight is 437 g/mol. The summed E-state index contributed by atoms with van der Waals surface area (Å²) < 4.78 is 10.7. The molecule has 0 saturated heterocycles. The number of fused-ring (bicyclic) bond motifs is 1. The molecule has 1 aromatic rings. The fraction of sp³-hybridized carbons (Fsp3) is 0.696. The van der Waals surface area contributed by atoms with E-state index in [4.69, 9.17) is 9.47 Å². The quantitative estimate of drug-likeness (QED) is 0.360. The van der Waals surface area contributed by atoms with Crippen LogP contribution in [0.4, 0.5) is 0 Å². The lowest BCUT2D eigenvalue weighted by atomic mass is 9.71. The van der Waals surface area contributed by atoms with Crippen molar-refractivity contribution in [3.63, 3.8) is 0 Å². The van der Waals surface area contributed by atoms with Crippen LogP contribution in [0.25, 0.3) is 0 Å². The molecule has 31 heavy (non-hydrogen) atoms. The van der Waals surface area contributed by atoms with Gasteiger partial charge in [-0.05, 0) is 57.2 Å². The highest BCUT2D eigenvalue weighted by atomic mass is 16.5. The third-order valence-electron chi connectivity index (χ3n) is 6.18. The first-order chi connectivity index (χ1) is 14.6. The molecular weight excluding hydrogens is 400 g/mol. The number of ether oxygens (including phenoxy) is 2. The van der Waals surface area contributed by atoms with Gasteiger partial charge in [0.1, 0.15) is 18.5 Å². The molecule has 3 N–H and O–H groups in total. The zero-order valence-corrected chi connectivity index (χ0v) is 19.2. The summed E-state index contributed by atoms with van der Waals surface area (Å²) in [7, 11) is 1.20. The van der Waals surface area contributed by atoms with Crippen LogP contribution in [0.5, 0.6) is 5.75 Å². The van der Waals surface area contributed by atoms with Gasteiger partial charge in [-0.2, -0.15) is 0 Å². The van der Waals surface area contributed by atoms with Gasteiger partial charge < -0.3 is 25.0 Å². The summed E-state index contributed by atoms with van der Waals surface area (Å²) in [5.74, 6) is -0.944. The first kappa shape index (κ1) is 25.2. The Morgan fingerprint density at radius 3 is 2.65 bits per heavy atom. The molecule has 1 aliphatic carbocycles. The van der Waals surface area contributed by atoms with E-state index >= 15 is 0 Å². The van der Waals surface area contributed by atoms with Crippen molar-refractivity contribution >= 4 is 5.97 Å². The van der Waals surface area contributed by atoms with Crippen molar-refractivity contribution in [3.05, 3.63) is 34.2 Å². The second-order valence-electron chi connectivity index (χ2n) is 9.19. The van der Waals surface area contributed by atoms with Gasteiger partial charge in [0.25, 0.3) is 0 Å². The van der Waals surface area contributed by atoms with Crippen molar-refractivity contribution in [1.29, 1.82) is 0 Å². The largest absolute Gasteiger partial charge is 0.491 e. The number of nitrogens with one attached hydrogen (secondary N) is 1. The maximum atomic E-state index is 12.2. The number of carbonyl (C=O) groups excluding carboxylic acids is 1. The Bertz CT molecular complexity index is 768. The first-order valence-corrected chi connectivity index (χ1v) is 10.9. The van der Waals surface area contributed by atoms with E-state index in [1.54, 1.807) is 6.07 Å². The van der Waals surface area contributed by atoms with Gasteiger partial charge >= 0.3 is 5.97 Å². The van der Waals surface area contributed by atoms with Crippen LogP contribution in [0.2, 0.25) is 0 Å². The van der Waals surface area contributed by atoms with E-state index in [1.807, 2.05) is 12.1 Å². The third kappa shape index (κ3) is 6.02. The molecule has 4 atom stereocenters. The maximum Gasteiger partial charge on any atom is 0.337 e. The zero-order valence-electron chi connectivity index (χ0n) is 19.2. The molecule has 0 amide bonds. The van der Waals surface area contributed by atoms with Crippen LogP contribution in [-0.4, -0.2) is 59.7 Å². The molecule has 2 rings (SSSR count). The summed E-state index contributed by atoms with van der Waals surface area (Å²) in [6.45, 7) is 8.21. The Balaban J connectivity index is 2.12. The summed E-state index contributed by atoms with van der Waals surface area (Å²) in [6.07, 6.45) is 0.946. The van der Waals surface area contributed by atoms with Crippen molar-refractivity contribution in [2.24, 2.45) is 11.1 Å². The van der Waals surface area contributed by atoms with Gasteiger partial charge in [0.15, 0.2) is 0 Å². The topological polar surface area (TPSA) is 117 Å². The van der Waals surface area contributed by atoms with Crippen molar-refractivity contribution in [2.75, 3.05) is 20.3 Å². The van der Waals surface area contributed by atoms with Crippen LogP contribution in [0.1, 0.15) is 51.7 Å². The standard InChI is InChI=1S/C23H36N2O6/c1-6-10-22(2,3)24-13-16(26)14-31-20-9-7-8-15-11-19(27)18(12-17(15)20)23(4,25-29)21(28)30-5/h7-9,16,18-19,24,26-27H,6,10-14H2,1-5H3. The molecule has 1 aromatic carbocycles. The number of rotatable bonds is 11. The Morgan fingerprint density at radius 2 is 2.03 bits per heavy atom. The lowest BCUT2D eigenvalue weighted by Gasteiger charge is -2.37. The minimum Gasteiger partial charge on any atom is -0.491 e. The van der Waals surface area contributed by atoms with Crippen LogP contribution in [-0.2, 0) is 22.4 Å². The highest BCUT2D eigenvalue weighted by molar-refractivity contribution is 5.81. The number of β-amino-alcohol motifs (C(OH)–C–C–N with tert-alkyl or cyclic N) is 1. The van der Waals surface area contributed by atoms with E-state index in [0.717, 1.165) is 24.0 Å². The molecule has 8 heteroatoms. The van der Waals surface area contributed by atoms with Crippen LogP contribution >= 0.6 is 0 Å². The van der Waals surface area contributed by atoms with Gasteiger partial charge in [-0.1, -0.05) is 30.7 Å². The number of nitrogens with zero attached hydrogens (tertiary/aromatic N) is 1. The number of hydrogen-bond acceptors (Lipinski definition) is 8. The molecule has 0 aromatic heterocycles. The number of aliphatic hydroxyl groups excluding tert-OH is 2. The van der Waals surface area contributed by atoms with Gasteiger partial charge in [0, 0.05) is 18.0 Å². The maximum absolute atomic E-state index is 12.2. The van der Waals surface area contributed by atoms with Crippen LogP contribution < -0.4 is 10.1 Å². The van der Waals surface area contributed by atoms with Gasteiger partial charge in [-0.15, -0.1) is 4.91 Å². The minimum absolute atomic E-state index is 0.0643. The summed E-state index contributed by atoms with van der Waals surface area (Å²) >= 11 is 0. The summed E-state index contributed by atoms with van der Waals surface area (Å²) in [5.41, 5.74) is -0.0718. The van der Waals surface area contributed by atoms with Gasteiger partial charge in [0.2, 0.25) is 5.54 Å². The highest BCUT2D eigenvalue weighted by Crippen LogP contribution is 2.39. The predicted molar refractivity (Wildman–Crippen MR) is 118 cm³/mol. The molecule has 0 radical (unpaired) electrons. The van der Waals surface area contributed by atoms with Gasteiger partial charge in [-0.3, -0.25) is 0 Å². The number of methoxy groups -OCH3 is 1. The van der Waals surface area contributed by atoms with Crippen LogP contribution in [0.3, 0.4) is 0 Å². The summed E-state index contributed by atoms with van der Waals surface area (Å²) in [5, 5.41) is 27.4. The summed E-state index contributed by atoms with van der Waals surface area (Å²) in [6, 6.07) is 5.50. The van der Waals surface area contributed by atoms with E-state index < -0.39 is 29.6 Å². The Labute approximate surface area is 184 Å². The van der Waals surface area contributed by atoms with Crippen molar-refractivity contribution < 1.29 is 24.5 Å². The molecule has 1 aliphatic rings. The van der Waals surface area contributed by atoms with Gasteiger partial charge in [0.05, 0.1) is 13.2 Å². The third-order valence-corrected chi connectivity index (χ3v) is 6.18. The zero-order chi connectivity index (χ0) is 23.2. The van der Waals surface area contributed by atoms with Gasteiger partial charge in [-0.25, -0.2) is 4.79 Å². The normalized spacial score (nSPS) is 21.5. The van der Waals surface area contributed by atoms with Crippen molar-refractivity contribution in [3.8, 4) is 5.75 Å². The van der Waals surface area contributed by atoms with E-state index in [1.165, 1.54) is 14.0 Å². The smallest absolute Gasteiger partial charge is 0.337 e. The molecule has 4 unspecified atom stereocenters. The fourth-order valence-electron chi connectivity index (χ4n) is 4.28. The Morgan fingerprint density at radius 1 is 1.32 bits per heavy atom. The van der Waals surface area contributed by atoms with E-state index in [2.05, 4.69) is 31.3 Å². The molecular formula is C23H36N2O6. The molecule has 8 nitrogen and oxygen atoms in total.